The quantitative estimate of drug-likeness (QED) is 0.656. The van der Waals surface area contributed by atoms with Gasteiger partial charge in [0.1, 0.15) is 0 Å². The van der Waals surface area contributed by atoms with E-state index in [1.807, 2.05) is 16.8 Å². The Hall–Kier alpha value is -2.44. The van der Waals surface area contributed by atoms with E-state index in [0.29, 0.717) is 0 Å². The smallest absolute Gasteiger partial charge is 0.173 e. The van der Waals surface area contributed by atoms with Gasteiger partial charge in [0, 0.05) is 36.9 Å². The molecule has 0 N–H and O–H groups in total. The Kier molecular flexibility index (Phi) is 5.59. The molecule has 0 radical (unpaired) electrons. The van der Waals surface area contributed by atoms with Gasteiger partial charge in [0.2, 0.25) is 0 Å². The molecule has 0 amide bonds. The van der Waals surface area contributed by atoms with Crippen molar-refractivity contribution in [2.24, 2.45) is 0 Å². The summed E-state index contributed by atoms with van der Waals surface area (Å²) < 4.78 is 1.92. The van der Waals surface area contributed by atoms with Crippen molar-refractivity contribution in [3.63, 3.8) is 0 Å². The van der Waals surface area contributed by atoms with Crippen LogP contribution in [0.15, 0.2) is 54.6 Å². The SMILES string of the molecule is CC(C)n1nnnc1[C@H](c1ccc(Cl)cc1)N1CCN(c2ccccc2)CC1. The summed E-state index contributed by atoms with van der Waals surface area (Å²) in [4.78, 5) is 4.90. The van der Waals surface area contributed by atoms with Crippen molar-refractivity contribution < 1.29 is 0 Å². The number of hydrogen-bond acceptors (Lipinski definition) is 5. The summed E-state index contributed by atoms with van der Waals surface area (Å²) >= 11 is 6.13. The van der Waals surface area contributed by atoms with Crippen LogP contribution < -0.4 is 4.90 Å². The number of hydrogen-bond donors (Lipinski definition) is 0. The third-order valence-corrected chi connectivity index (χ3v) is 5.49. The van der Waals surface area contributed by atoms with Crippen LogP contribution >= 0.6 is 11.6 Å². The van der Waals surface area contributed by atoms with Crippen molar-refractivity contribution in [3.8, 4) is 0 Å². The number of piperazine rings is 1. The molecule has 2 heterocycles. The van der Waals surface area contributed by atoms with Crippen LogP contribution in [0.25, 0.3) is 0 Å². The standard InChI is InChI=1S/C21H25ClN6/c1-16(2)28-21(23-24-25-28)20(17-8-10-18(22)11-9-17)27-14-12-26(13-15-27)19-6-4-3-5-7-19/h3-11,16,20H,12-15H2,1-2H3/t20-/m0/s1. The molecule has 28 heavy (non-hydrogen) atoms. The van der Waals surface area contributed by atoms with E-state index in [9.17, 15) is 0 Å². The van der Waals surface area contributed by atoms with Crippen molar-refractivity contribution in [2.75, 3.05) is 31.1 Å². The van der Waals surface area contributed by atoms with Crippen molar-refractivity contribution >= 4 is 17.3 Å². The predicted molar refractivity (Wildman–Crippen MR) is 112 cm³/mol. The minimum atomic E-state index is 0.00703. The fraction of sp³-hybridized carbons (Fsp3) is 0.381. The van der Waals surface area contributed by atoms with Crippen LogP contribution in [-0.4, -0.2) is 51.3 Å². The summed E-state index contributed by atoms with van der Waals surface area (Å²) in [5, 5.41) is 13.3. The fourth-order valence-electron chi connectivity index (χ4n) is 3.79. The number of halogens is 1. The first-order chi connectivity index (χ1) is 13.6. The first-order valence-electron chi connectivity index (χ1n) is 9.71. The summed E-state index contributed by atoms with van der Waals surface area (Å²) in [5.41, 5.74) is 2.44. The maximum Gasteiger partial charge on any atom is 0.173 e. The average Bonchev–Trinajstić information content (AvgIpc) is 3.21. The van der Waals surface area contributed by atoms with Crippen molar-refractivity contribution in [1.82, 2.24) is 25.1 Å². The highest BCUT2D eigenvalue weighted by Crippen LogP contribution is 2.30. The van der Waals surface area contributed by atoms with E-state index in [-0.39, 0.29) is 12.1 Å². The lowest BCUT2D eigenvalue weighted by Gasteiger charge is -2.40. The van der Waals surface area contributed by atoms with Gasteiger partial charge in [-0.25, -0.2) is 4.68 Å². The van der Waals surface area contributed by atoms with Gasteiger partial charge in [-0.05, 0) is 54.1 Å². The molecule has 0 saturated carbocycles. The average molecular weight is 397 g/mol. The molecule has 1 fully saturated rings. The molecule has 0 unspecified atom stereocenters. The Balaban J connectivity index is 1.61. The molecule has 1 saturated heterocycles. The lowest BCUT2D eigenvalue weighted by Crippen LogP contribution is -2.48. The molecule has 146 valence electrons. The molecule has 1 aliphatic rings. The minimum absolute atomic E-state index is 0.00703. The Morgan fingerprint density at radius 1 is 0.893 bits per heavy atom. The highest BCUT2D eigenvalue weighted by Gasteiger charge is 2.31. The number of aromatic nitrogens is 4. The summed E-state index contributed by atoms with van der Waals surface area (Å²) in [7, 11) is 0. The number of tetrazole rings is 1. The number of anilines is 1. The number of rotatable bonds is 5. The van der Waals surface area contributed by atoms with Crippen LogP contribution in [0.3, 0.4) is 0 Å². The summed E-state index contributed by atoms with van der Waals surface area (Å²) in [6, 6.07) is 18.8. The molecule has 0 bridgehead atoms. The van der Waals surface area contributed by atoms with Crippen LogP contribution in [0.4, 0.5) is 5.69 Å². The molecule has 7 heteroatoms. The molecule has 4 rings (SSSR count). The van der Waals surface area contributed by atoms with Crippen LogP contribution in [0.5, 0.6) is 0 Å². The molecular weight excluding hydrogens is 372 g/mol. The Labute approximate surface area is 170 Å². The fourth-order valence-corrected chi connectivity index (χ4v) is 3.92. The van der Waals surface area contributed by atoms with Crippen molar-refractivity contribution in [3.05, 3.63) is 71.0 Å². The van der Waals surface area contributed by atoms with Gasteiger partial charge in [0.15, 0.2) is 5.82 Å². The predicted octanol–water partition coefficient (Wildman–Crippen LogP) is 3.82. The highest BCUT2D eigenvalue weighted by atomic mass is 35.5. The molecule has 6 nitrogen and oxygen atoms in total. The molecular formula is C21H25ClN6. The Bertz CT molecular complexity index is 885. The Morgan fingerprint density at radius 2 is 1.57 bits per heavy atom. The zero-order valence-electron chi connectivity index (χ0n) is 16.2. The highest BCUT2D eigenvalue weighted by molar-refractivity contribution is 6.30. The van der Waals surface area contributed by atoms with Crippen LogP contribution in [0, 0.1) is 0 Å². The number of benzene rings is 2. The molecule has 0 aliphatic carbocycles. The third kappa shape index (κ3) is 3.88. The normalized spacial score (nSPS) is 16.5. The third-order valence-electron chi connectivity index (χ3n) is 5.24. The maximum atomic E-state index is 6.13. The van der Waals surface area contributed by atoms with Crippen LogP contribution in [0.2, 0.25) is 5.02 Å². The summed E-state index contributed by atoms with van der Waals surface area (Å²) in [6.07, 6.45) is 0. The molecule has 0 spiro atoms. The second-order valence-electron chi connectivity index (χ2n) is 7.39. The van der Waals surface area contributed by atoms with Gasteiger partial charge in [-0.3, -0.25) is 4.90 Å². The van der Waals surface area contributed by atoms with E-state index in [1.54, 1.807) is 0 Å². The first kappa shape index (κ1) is 18.9. The van der Waals surface area contributed by atoms with E-state index in [0.717, 1.165) is 42.6 Å². The molecule has 1 aromatic heterocycles. The van der Waals surface area contributed by atoms with E-state index in [1.165, 1.54) is 5.69 Å². The summed E-state index contributed by atoms with van der Waals surface area (Å²) in [6.45, 7) is 8.02. The second-order valence-corrected chi connectivity index (χ2v) is 7.82. The van der Waals surface area contributed by atoms with Gasteiger partial charge in [-0.15, -0.1) is 5.10 Å². The van der Waals surface area contributed by atoms with E-state index in [2.05, 4.69) is 81.6 Å². The van der Waals surface area contributed by atoms with Crippen LogP contribution in [-0.2, 0) is 0 Å². The zero-order valence-corrected chi connectivity index (χ0v) is 17.0. The molecule has 2 aromatic carbocycles. The van der Waals surface area contributed by atoms with Crippen LogP contribution in [0.1, 0.15) is 37.3 Å². The van der Waals surface area contributed by atoms with Crippen molar-refractivity contribution in [2.45, 2.75) is 25.9 Å². The van der Waals surface area contributed by atoms with E-state index < -0.39 is 0 Å². The second kappa shape index (κ2) is 8.29. The van der Waals surface area contributed by atoms with Gasteiger partial charge in [0.25, 0.3) is 0 Å². The topological polar surface area (TPSA) is 50.1 Å². The summed E-state index contributed by atoms with van der Waals surface area (Å²) in [5.74, 6) is 0.880. The number of para-hydroxylation sites is 1. The Morgan fingerprint density at radius 3 is 2.21 bits per heavy atom. The van der Waals surface area contributed by atoms with Gasteiger partial charge in [-0.2, -0.15) is 0 Å². The van der Waals surface area contributed by atoms with E-state index >= 15 is 0 Å². The monoisotopic (exact) mass is 396 g/mol. The molecule has 1 aliphatic heterocycles. The molecule has 3 aromatic rings. The van der Waals surface area contributed by atoms with Crippen molar-refractivity contribution in [1.29, 1.82) is 0 Å². The molecule has 1 atom stereocenters. The lowest BCUT2D eigenvalue weighted by molar-refractivity contribution is 0.199. The first-order valence-corrected chi connectivity index (χ1v) is 10.1. The van der Waals surface area contributed by atoms with E-state index in [4.69, 9.17) is 11.6 Å². The van der Waals surface area contributed by atoms with Gasteiger partial charge in [-0.1, -0.05) is 41.9 Å². The van der Waals surface area contributed by atoms with Gasteiger partial charge < -0.3 is 4.90 Å². The zero-order chi connectivity index (χ0) is 19.5. The lowest BCUT2D eigenvalue weighted by atomic mass is 10.0. The van der Waals surface area contributed by atoms with Gasteiger partial charge in [0.05, 0.1) is 12.1 Å². The number of nitrogens with zero attached hydrogens (tertiary/aromatic N) is 6. The minimum Gasteiger partial charge on any atom is -0.369 e. The maximum absolute atomic E-state index is 6.13. The van der Waals surface area contributed by atoms with Gasteiger partial charge >= 0.3 is 0 Å². The largest absolute Gasteiger partial charge is 0.369 e.